The van der Waals surface area contributed by atoms with E-state index in [1.165, 1.54) is 4.88 Å². The molecule has 1 aromatic heterocycles. The molecule has 0 atom stereocenters. The lowest BCUT2D eigenvalue weighted by Gasteiger charge is -2.31. The van der Waals surface area contributed by atoms with E-state index in [4.69, 9.17) is 0 Å². The van der Waals surface area contributed by atoms with E-state index in [-0.39, 0.29) is 0 Å². The molecule has 0 spiro atoms. The van der Waals surface area contributed by atoms with Crippen LogP contribution in [0.3, 0.4) is 0 Å². The number of hydrogen-bond acceptors (Lipinski definition) is 3. The van der Waals surface area contributed by atoms with E-state index in [0.717, 1.165) is 11.0 Å². The summed E-state index contributed by atoms with van der Waals surface area (Å²) < 4.78 is 1.09. The molecule has 102 valence electrons. The molecule has 18 heavy (non-hydrogen) atoms. The van der Waals surface area contributed by atoms with Crippen molar-refractivity contribution in [1.82, 2.24) is 4.90 Å². The van der Waals surface area contributed by atoms with Crippen LogP contribution in [0.4, 0.5) is 0 Å². The summed E-state index contributed by atoms with van der Waals surface area (Å²) in [5, 5.41) is 11.5. The molecule has 1 aromatic rings. The topological polar surface area (TPSA) is 40.5 Å². The molecule has 0 aliphatic rings. The summed E-state index contributed by atoms with van der Waals surface area (Å²) >= 11 is 5.12. The van der Waals surface area contributed by atoms with Gasteiger partial charge in [0.25, 0.3) is 0 Å². The lowest BCUT2D eigenvalue weighted by molar-refractivity contribution is -0.150. The number of thiophene rings is 1. The van der Waals surface area contributed by atoms with Crippen molar-refractivity contribution in [2.45, 2.75) is 33.2 Å². The molecule has 0 aliphatic carbocycles. The maximum Gasteiger partial charge on any atom is 0.310 e. The van der Waals surface area contributed by atoms with Gasteiger partial charge in [-0.05, 0) is 41.9 Å². The summed E-state index contributed by atoms with van der Waals surface area (Å²) in [5.74, 6) is -0.688. The Morgan fingerprint density at radius 2 is 2.11 bits per heavy atom. The first-order chi connectivity index (χ1) is 8.43. The van der Waals surface area contributed by atoms with Crippen molar-refractivity contribution < 1.29 is 9.90 Å². The van der Waals surface area contributed by atoms with E-state index >= 15 is 0 Å². The van der Waals surface area contributed by atoms with Crippen LogP contribution in [0.25, 0.3) is 0 Å². The Bertz CT molecular complexity index is 401. The maximum absolute atomic E-state index is 11.4. The highest BCUT2D eigenvalue weighted by Gasteiger charge is 2.35. The second-order valence-corrected chi connectivity index (χ2v) is 6.61. The molecule has 1 N–H and O–H groups in total. The Morgan fingerprint density at radius 3 is 2.50 bits per heavy atom. The van der Waals surface area contributed by atoms with Gasteiger partial charge in [0.1, 0.15) is 0 Å². The van der Waals surface area contributed by atoms with E-state index in [1.54, 1.807) is 11.3 Å². The van der Waals surface area contributed by atoms with Gasteiger partial charge in [-0.3, -0.25) is 4.79 Å². The van der Waals surface area contributed by atoms with Crippen molar-refractivity contribution in [2.24, 2.45) is 5.41 Å². The molecule has 0 saturated heterocycles. The number of nitrogens with zero attached hydrogens (tertiary/aromatic N) is 1. The first kappa shape index (κ1) is 15.7. The fourth-order valence-electron chi connectivity index (χ4n) is 2.12. The van der Waals surface area contributed by atoms with Crippen LogP contribution >= 0.6 is 27.3 Å². The van der Waals surface area contributed by atoms with Crippen molar-refractivity contribution in [2.75, 3.05) is 13.6 Å². The van der Waals surface area contributed by atoms with Crippen LogP contribution in [0, 0.1) is 5.41 Å². The molecule has 0 amide bonds. The lowest BCUT2D eigenvalue weighted by atomic mass is 9.82. The predicted molar refractivity (Wildman–Crippen MR) is 79.0 cm³/mol. The van der Waals surface area contributed by atoms with Crippen LogP contribution in [0.2, 0.25) is 0 Å². The summed E-state index contributed by atoms with van der Waals surface area (Å²) in [6.45, 7) is 5.29. The van der Waals surface area contributed by atoms with Crippen LogP contribution in [0.1, 0.15) is 31.6 Å². The highest BCUT2D eigenvalue weighted by atomic mass is 79.9. The van der Waals surface area contributed by atoms with E-state index in [9.17, 15) is 9.90 Å². The monoisotopic (exact) mass is 333 g/mol. The fraction of sp³-hybridized carbons (Fsp3) is 0.615. The summed E-state index contributed by atoms with van der Waals surface area (Å²) in [6, 6.07) is 2.08. The molecular weight excluding hydrogens is 314 g/mol. The third kappa shape index (κ3) is 3.80. The molecule has 5 heteroatoms. The second-order valence-electron chi connectivity index (χ2n) is 4.70. The zero-order valence-corrected chi connectivity index (χ0v) is 13.5. The minimum Gasteiger partial charge on any atom is -0.481 e. The molecule has 0 unspecified atom stereocenters. The second kappa shape index (κ2) is 6.68. The maximum atomic E-state index is 11.4. The van der Waals surface area contributed by atoms with Gasteiger partial charge < -0.3 is 10.0 Å². The number of carboxylic acid groups (broad SMARTS) is 1. The highest BCUT2D eigenvalue weighted by Crippen LogP contribution is 2.29. The number of halogens is 1. The van der Waals surface area contributed by atoms with Gasteiger partial charge in [-0.15, -0.1) is 11.3 Å². The van der Waals surface area contributed by atoms with Crippen LogP contribution < -0.4 is 0 Å². The average Bonchev–Trinajstić information content (AvgIpc) is 2.71. The normalized spacial score (nSPS) is 12.1. The summed E-state index contributed by atoms with van der Waals surface area (Å²) in [5.41, 5.74) is -0.622. The smallest absolute Gasteiger partial charge is 0.310 e. The molecule has 0 aliphatic heterocycles. The first-order valence-corrected chi connectivity index (χ1v) is 7.75. The summed E-state index contributed by atoms with van der Waals surface area (Å²) in [4.78, 5) is 14.8. The Kier molecular flexibility index (Phi) is 5.82. The van der Waals surface area contributed by atoms with Gasteiger partial charge in [-0.1, -0.05) is 13.8 Å². The zero-order valence-electron chi connectivity index (χ0n) is 11.1. The van der Waals surface area contributed by atoms with Gasteiger partial charge in [0, 0.05) is 27.8 Å². The third-order valence-electron chi connectivity index (χ3n) is 3.43. The molecule has 0 saturated carbocycles. The minimum absolute atomic E-state index is 0.588. The standard InChI is InChI=1S/C13H20BrNO2S/c1-4-13(5-2,12(16)17)9-15(3)7-11-6-10(14)8-18-11/h6,8H,4-5,7,9H2,1-3H3,(H,16,17). The number of hydrogen-bond donors (Lipinski definition) is 1. The zero-order chi connectivity index (χ0) is 13.8. The molecule has 1 rings (SSSR count). The molecule has 1 heterocycles. The van der Waals surface area contributed by atoms with Crippen molar-refractivity contribution in [3.8, 4) is 0 Å². The van der Waals surface area contributed by atoms with Crippen LogP contribution in [0.5, 0.6) is 0 Å². The summed E-state index contributed by atoms with van der Waals surface area (Å²) in [6.07, 6.45) is 1.33. The number of carboxylic acids is 1. The minimum atomic E-state index is -0.688. The number of carbonyl (C=O) groups is 1. The Morgan fingerprint density at radius 1 is 1.50 bits per heavy atom. The van der Waals surface area contributed by atoms with Gasteiger partial charge in [-0.25, -0.2) is 0 Å². The fourth-order valence-corrected chi connectivity index (χ4v) is 3.65. The lowest BCUT2D eigenvalue weighted by Crippen LogP contribution is -2.40. The Hall–Kier alpha value is -0.390. The van der Waals surface area contributed by atoms with E-state index in [0.29, 0.717) is 19.4 Å². The average molecular weight is 334 g/mol. The first-order valence-electron chi connectivity index (χ1n) is 6.08. The van der Waals surface area contributed by atoms with Gasteiger partial charge in [0.2, 0.25) is 0 Å². The highest BCUT2D eigenvalue weighted by molar-refractivity contribution is 9.10. The summed E-state index contributed by atoms with van der Waals surface area (Å²) in [7, 11) is 1.98. The Labute approximate surface area is 121 Å². The van der Waals surface area contributed by atoms with Gasteiger partial charge in [-0.2, -0.15) is 0 Å². The van der Waals surface area contributed by atoms with Crippen molar-refractivity contribution in [3.63, 3.8) is 0 Å². The van der Waals surface area contributed by atoms with Crippen LogP contribution in [-0.2, 0) is 11.3 Å². The molecule has 0 aromatic carbocycles. The largest absolute Gasteiger partial charge is 0.481 e. The molecule has 0 radical (unpaired) electrons. The van der Waals surface area contributed by atoms with Crippen molar-refractivity contribution >= 4 is 33.2 Å². The van der Waals surface area contributed by atoms with Gasteiger partial charge >= 0.3 is 5.97 Å². The van der Waals surface area contributed by atoms with Crippen LogP contribution in [0.15, 0.2) is 15.9 Å². The van der Waals surface area contributed by atoms with E-state index in [1.807, 2.05) is 26.3 Å². The van der Waals surface area contributed by atoms with Gasteiger partial charge in [0.15, 0.2) is 0 Å². The van der Waals surface area contributed by atoms with E-state index in [2.05, 4.69) is 26.9 Å². The third-order valence-corrected chi connectivity index (χ3v) is 5.11. The molecule has 0 fully saturated rings. The number of aliphatic carboxylic acids is 1. The number of rotatable bonds is 7. The molecular formula is C13H20BrNO2S. The quantitative estimate of drug-likeness (QED) is 0.824. The molecule has 0 bridgehead atoms. The SMILES string of the molecule is CCC(CC)(CN(C)Cc1cc(Br)cs1)C(=O)O. The van der Waals surface area contributed by atoms with Crippen LogP contribution in [-0.4, -0.2) is 29.6 Å². The molecule has 3 nitrogen and oxygen atoms in total. The Balaban J connectivity index is 2.67. The van der Waals surface area contributed by atoms with Gasteiger partial charge in [0.05, 0.1) is 5.41 Å². The predicted octanol–water partition coefficient (Wildman–Crippen LogP) is 3.83. The van der Waals surface area contributed by atoms with Crippen molar-refractivity contribution in [1.29, 1.82) is 0 Å². The van der Waals surface area contributed by atoms with E-state index < -0.39 is 11.4 Å². The van der Waals surface area contributed by atoms with Crippen molar-refractivity contribution in [3.05, 3.63) is 20.8 Å².